The first-order chi connectivity index (χ1) is 14.0. The molecule has 0 aliphatic heterocycles. The first-order valence-electron chi connectivity index (χ1n) is 11.9. The van der Waals surface area contributed by atoms with Gasteiger partial charge >= 0.3 is 5.97 Å². The Hall–Kier alpha value is -1.23. The zero-order chi connectivity index (χ0) is 22.4. The Morgan fingerprint density at radius 2 is 1.90 bits per heavy atom. The zero-order valence-electron chi connectivity index (χ0n) is 19.5. The summed E-state index contributed by atoms with van der Waals surface area (Å²) in [6.07, 6.45) is 3.88. The minimum absolute atomic E-state index is 0.0624. The van der Waals surface area contributed by atoms with Gasteiger partial charge in [-0.15, -0.1) is 0 Å². The number of fused-ring (bicyclic) bond motifs is 2. The van der Waals surface area contributed by atoms with E-state index in [1.54, 1.807) is 0 Å². The van der Waals surface area contributed by atoms with Crippen LogP contribution < -0.4 is 0 Å². The van der Waals surface area contributed by atoms with Gasteiger partial charge in [0.25, 0.3) is 0 Å². The van der Waals surface area contributed by atoms with Crippen molar-refractivity contribution in [1.29, 1.82) is 0 Å². The van der Waals surface area contributed by atoms with Crippen molar-refractivity contribution >= 4 is 17.5 Å². The predicted octanol–water partition coefficient (Wildman–Crippen LogP) is 4.06. The fourth-order valence-corrected chi connectivity index (χ4v) is 7.64. The molecule has 9 atom stereocenters. The van der Waals surface area contributed by atoms with Crippen molar-refractivity contribution in [2.24, 2.45) is 52.8 Å². The van der Waals surface area contributed by atoms with E-state index < -0.39 is 5.41 Å². The van der Waals surface area contributed by atoms with Crippen molar-refractivity contribution in [2.75, 3.05) is 7.11 Å². The average molecular weight is 421 g/mol. The number of ether oxygens (including phenoxy) is 1. The lowest BCUT2D eigenvalue weighted by atomic mass is 9.61. The molecule has 0 aromatic carbocycles. The molecule has 0 amide bonds. The van der Waals surface area contributed by atoms with Crippen LogP contribution >= 0.6 is 0 Å². The van der Waals surface area contributed by atoms with Crippen LogP contribution in [-0.4, -0.2) is 35.9 Å². The van der Waals surface area contributed by atoms with E-state index in [0.717, 1.165) is 19.3 Å². The molecule has 2 bridgehead atoms. The standard InChI is InChI=1S/C25H40O5/c1-7-15-17-11-18(22(15)14(3)26)21(13(17)2)23-16(19(27)12-20(23)28)9-8-10-25(4,5)24(29)30-6/h13-18,21-23,26H,7-12H2,1-6H3. The lowest BCUT2D eigenvalue weighted by Crippen LogP contribution is -2.44. The van der Waals surface area contributed by atoms with Crippen LogP contribution in [-0.2, 0) is 19.1 Å². The summed E-state index contributed by atoms with van der Waals surface area (Å²) in [4.78, 5) is 37.7. The predicted molar refractivity (Wildman–Crippen MR) is 114 cm³/mol. The molecular formula is C25H40O5. The SMILES string of the molecule is CCC1C2CC(C1C(C)O)C(C1C(=O)CC(=O)C1CCCC(C)(C)C(=O)OC)C2C. The number of Topliss-reactive ketones (excluding diaryl/α,β-unsaturated/α-hetero) is 2. The molecule has 0 spiro atoms. The summed E-state index contributed by atoms with van der Waals surface area (Å²) in [7, 11) is 1.40. The molecule has 0 aromatic rings. The molecule has 0 heterocycles. The number of hydrogen-bond acceptors (Lipinski definition) is 5. The third-order valence-electron chi connectivity index (χ3n) is 8.93. The third kappa shape index (κ3) is 3.87. The van der Waals surface area contributed by atoms with E-state index in [0.29, 0.717) is 36.5 Å². The van der Waals surface area contributed by atoms with Crippen LogP contribution in [0.1, 0.15) is 73.1 Å². The van der Waals surface area contributed by atoms with Gasteiger partial charge in [0.1, 0.15) is 11.6 Å². The van der Waals surface area contributed by atoms with E-state index in [2.05, 4.69) is 13.8 Å². The number of esters is 1. The van der Waals surface area contributed by atoms with Crippen molar-refractivity contribution in [3.8, 4) is 0 Å². The van der Waals surface area contributed by atoms with Gasteiger partial charge in [-0.05, 0) is 75.5 Å². The van der Waals surface area contributed by atoms with Gasteiger partial charge in [0.05, 0.1) is 25.0 Å². The van der Waals surface area contributed by atoms with Crippen LogP contribution in [0.25, 0.3) is 0 Å². The molecule has 30 heavy (non-hydrogen) atoms. The van der Waals surface area contributed by atoms with Crippen LogP contribution in [0.5, 0.6) is 0 Å². The Morgan fingerprint density at radius 1 is 1.23 bits per heavy atom. The lowest BCUT2D eigenvalue weighted by molar-refractivity contribution is -0.151. The third-order valence-corrected chi connectivity index (χ3v) is 8.93. The Balaban J connectivity index is 1.76. The highest BCUT2D eigenvalue weighted by molar-refractivity contribution is 6.08. The van der Waals surface area contributed by atoms with E-state index in [1.807, 2.05) is 20.8 Å². The van der Waals surface area contributed by atoms with Crippen molar-refractivity contribution in [3.63, 3.8) is 0 Å². The normalized spacial score (nSPS) is 39.6. The van der Waals surface area contributed by atoms with Crippen LogP contribution in [0.4, 0.5) is 0 Å². The molecule has 0 aromatic heterocycles. The number of hydrogen-bond donors (Lipinski definition) is 1. The molecule has 0 radical (unpaired) electrons. The molecule has 5 nitrogen and oxygen atoms in total. The van der Waals surface area contributed by atoms with Crippen LogP contribution in [0.15, 0.2) is 0 Å². The van der Waals surface area contributed by atoms with Gasteiger partial charge in [-0.2, -0.15) is 0 Å². The van der Waals surface area contributed by atoms with Gasteiger partial charge in [-0.25, -0.2) is 0 Å². The zero-order valence-corrected chi connectivity index (χ0v) is 19.5. The molecule has 170 valence electrons. The monoisotopic (exact) mass is 420 g/mol. The fourth-order valence-electron chi connectivity index (χ4n) is 7.64. The Bertz CT molecular complexity index is 681. The van der Waals surface area contributed by atoms with Crippen LogP contribution in [0, 0.1) is 52.8 Å². The van der Waals surface area contributed by atoms with Crippen molar-refractivity contribution < 1.29 is 24.2 Å². The number of carbonyl (C=O) groups is 3. The first kappa shape index (κ1) is 23.4. The maximum Gasteiger partial charge on any atom is 0.311 e. The van der Waals surface area contributed by atoms with Gasteiger partial charge in [0, 0.05) is 11.8 Å². The van der Waals surface area contributed by atoms with E-state index in [4.69, 9.17) is 4.74 Å². The Morgan fingerprint density at radius 3 is 2.47 bits per heavy atom. The highest BCUT2D eigenvalue weighted by atomic mass is 16.5. The van der Waals surface area contributed by atoms with Gasteiger partial charge in [-0.1, -0.05) is 26.7 Å². The van der Waals surface area contributed by atoms with E-state index >= 15 is 0 Å². The topological polar surface area (TPSA) is 80.7 Å². The molecule has 3 aliphatic rings. The molecule has 5 heteroatoms. The Kier molecular flexibility index (Phi) is 6.81. The number of rotatable bonds is 8. The maximum absolute atomic E-state index is 13.0. The van der Waals surface area contributed by atoms with Gasteiger partial charge in [0.15, 0.2) is 0 Å². The van der Waals surface area contributed by atoms with Gasteiger partial charge < -0.3 is 9.84 Å². The number of carbonyl (C=O) groups excluding carboxylic acids is 3. The highest BCUT2D eigenvalue weighted by Crippen LogP contribution is 2.63. The minimum atomic E-state index is -0.582. The first-order valence-corrected chi connectivity index (χ1v) is 11.9. The number of ketones is 2. The van der Waals surface area contributed by atoms with E-state index in [1.165, 1.54) is 7.11 Å². The van der Waals surface area contributed by atoms with E-state index in [-0.39, 0.29) is 53.7 Å². The summed E-state index contributed by atoms with van der Waals surface area (Å²) in [6, 6.07) is 0. The summed E-state index contributed by atoms with van der Waals surface area (Å²) < 4.78 is 4.90. The minimum Gasteiger partial charge on any atom is -0.469 e. The highest BCUT2D eigenvalue weighted by Gasteiger charge is 2.61. The lowest BCUT2D eigenvalue weighted by Gasteiger charge is -2.44. The summed E-state index contributed by atoms with van der Waals surface area (Å²) in [5, 5.41) is 10.5. The van der Waals surface area contributed by atoms with Crippen LogP contribution in [0.2, 0.25) is 0 Å². The average Bonchev–Trinajstić information content (AvgIpc) is 3.30. The molecular weight excluding hydrogens is 380 g/mol. The molecule has 3 rings (SSSR count). The molecule has 9 unspecified atom stereocenters. The number of methoxy groups -OCH3 is 1. The fraction of sp³-hybridized carbons (Fsp3) is 0.880. The van der Waals surface area contributed by atoms with Gasteiger partial charge in [-0.3, -0.25) is 14.4 Å². The summed E-state index contributed by atoms with van der Waals surface area (Å²) in [5.74, 6) is 1.79. The summed E-state index contributed by atoms with van der Waals surface area (Å²) in [5.41, 5.74) is -0.582. The van der Waals surface area contributed by atoms with E-state index in [9.17, 15) is 19.5 Å². The quantitative estimate of drug-likeness (QED) is 0.473. The molecule has 3 aliphatic carbocycles. The smallest absolute Gasteiger partial charge is 0.311 e. The second kappa shape index (κ2) is 8.72. The maximum atomic E-state index is 13.0. The van der Waals surface area contributed by atoms with Crippen molar-refractivity contribution in [3.05, 3.63) is 0 Å². The molecule has 3 saturated carbocycles. The van der Waals surface area contributed by atoms with Crippen LogP contribution in [0.3, 0.4) is 0 Å². The van der Waals surface area contributed by atoms with Crippen molar-refractivity contribution in [1.82, 2.24) is 0 Å². The Labute approximate surface area is 181 Å². The summed E-state index contributed by atoms with van der Waals surface area (Å²) >= 11 is 0. The largest absolute Gasteiger partial charge is 0.469 e. The second-order valence-corrected chi connectivity index (χ2v) is 10.9. The molecule has 0 saturated heterocycles. The second-order valence-electron chi connectivity index (χ2n) is 10.9. The number of aliphatic hydroxyl groups excluding tert-OH is 1. The summed E-state index contributed by atoms with van der Waals surface area (Å²) in [6.45, 7) is 10.1. The molecule has 1 N–H and O–H groups in total. The molecule has 3 fully saturated rings. The van der Waals surface area contributed by atoms with Gasteiger partial charge in [0.2, 0.25) is 0 Å². The number of aliphatic hydroxyl groups is 1. The van der Waals surface area contributed by atoms with Crippen molar-refractivity contribution in [2.45, 2.75) is 79.2 Å².